The van der Waals surface area contributed by atoms with Crippen LogP contribution in [0.15, 0.2) is 48.5 Å². The summed E-state index contributed by atoms with van der Waals surface area (Å²) in [5, 5.41) is 8.72. The average Bonchev–Trinajstić information content (AvgIpc) is 2.45. The van der Waals surface area contributed by atoms with E-state index in [1.807, 2.05) is 36.4 Å². The number of rotatable bonds is 5. The number of carbonyl (C=O) groups is 2. The predicted molar refractivity (Wildman–Crippen MR) is 76.4 cm³/mol. The van der Waals surface area contributed by atoms with E-state index in [0.717, 1.165) is 16.7 Å². The smallest absolute Gasteiger partial charge is 0.303 e. The summed E-state index contributed by atoms with van der Waals surface area (Å²) in [6.45, 7) is 0. The molecule has 0 heterocycles. The van der Waals surface area contributed by atoms with Gasteiger partial charge in [-0.05, 0) is 29.2 Å². The van der Waals surface area contributed by atoms with Gasteiger partial charge in [0.2, 0.25) is 5.91 Å². The van der Waals surface area contributed by atoms with Crippen molar-refractivity contribution >= 4 is 11.9 Å². The Kier molecular flexibility index (Phi) is 4.15. The molecule has 20 heavy (non-hydrogen) atoms. The van der Waals surface area contributed by atoms with Crippen molar-refractivity contribution in [2.45, 2.75) is 12.8 Å². The van der Waals surface area contributed by atoms with Crippen molar-refractivity contribution in [3.63, 3.8) is 0 Å². The first-order valence-corrected chi connectivity index (χ1v) is 6.28. The first-order valence-electron chi connectivity index (χ1n) is 6.28. The van der Waals surface area contributed by atoms with E-state index < -0.39 is 11.9 Å². The summed E-state index contributed by atoms with van der Waals surface area (Å²) in [4.78, 5) is 22.0. The van der Waals surface area contributed by atoms with Gasteiger partial charge in [-0.1, -0.05) is 42.5 Å². The van der Waals surface area contributed by atoms with E-state index in [9.17, 15) is 9.59 Å². The molecule has 0 spiro atoms. The average molecular weight is 269 g/mol. The standard InChI is InChI=1S/C16H15NO3/c17-16(20)14-7-2-1-6-13(14)12-5-3-4-11(10-12)8-9-15(18)19/h1-7,10H,8-9H2,(H2,17,20)(H,18,19). The molecule has 0 fully saturated rings. The van der Waals surface area contributed by atoms with Crippen LogP contribution in [-0.4, -0.2) is 17.0 Å². The van der Waals surface area contributed by atoms with Crippen LogP contribution in [-0.2, 0) is 11.2 Å². The fourth-order valence-electron chi connectivity index (χ4n) is 2.10. The van der Waals surface area contributed by atoms with E-state index in [-0.39, 0.29) is 6.42 Å². The van der Waals surface area contributed by atoms with Gasteiger partial charge in [0.25, 0.3) is 0 Å². The van der Waals surface area contributed by atoms with Gasteiger partial charge in [-0.3, -0.25) is 9.59 Å². The molecule has 0 aromatic heterocycles. The van der Waals surface area contributed by atoms with Gasteiger partial charge in [-0.2, -0.15) is 0 Å². The lowest BCUT2D eigenvalue weighted by Crippen LogP contribution is -2.12. The summed E-state index contributed by atoms with van der Waals surface area (Å²) in [5.74, 6) is -1.30. The highest BCUT2D eigenvalue weighted by Gasteiger charge is 2.09. The van der Waals surface area contributed by atoms with E-state index in [1.165, 1.54) is 0 Å². The lowest BCUT2D eigenvalue weighted by atomic mass is 9.97. The van der Waals surface area contributed by atoms with Crippen molar-refractivity contribution in [1.29, 1.82) is 0 Å². The van der Waals surface area contributed by atoms with Crippen LogP contribution in [0.5, 0.6) is 0 Å². The number of carbonyl (C=O) groups excluding carboxylic acids is 1. The summed E-state index contributed by atoms with van der Waals surface area (Å²) < 4.78 is 0. The Morgan fingerprint density at radius 2 is 1.80 bits per heavy atom. The number of benzene rings is 2. The monoisotopic (exact) mass is 269 g/mol. The SMILES string of the molecule is NC(=O)c1ccccc1-c1cccc(CCC(=O)O)c1. The van der Waals surface area contributed by atoms with Gasteiger partial charge in [0.05, 0.1) is 0 Å². The zero-order chi connectivity index (χ0) is 14.5. The number of nitrogens with two attached hydrogens (primary N) is 1. The number of aryl methyl sites for hydroxylation is 1. The molecule has 102 valence electrons. The molecule has 0 atom stereocenters. The number of hydrogen-bond acceptors (Lipinski definition) is 2. The zero-order valence-corrected chi connectivity index (χ0v) is 10.9. The van der Waals surface area contributed by atoms with Crippen LogP contribution in [0.2, 0.25) is 0 Å². The second-order valence-corrected chi connectivity index (χ2v) is 4.50. The van der Waals surface area contributed by atoms with Crippen LogP contribution in [0.25, 0.3) is 11.1 Å². The highest BCUT2D eigenvalue weighted by Crippen LogP contribution is 2.24. The van der Waals surface area contributed by atoms with Gasteiger partial charge in [-0.15, -0.1) is 0 Å². The number of carboxylic acid groups (broad SMARTS) is 1. The van der Waals surface area contributed by atoms with Gasteiger partial charge in [0, 0.05) is 12.0 Å². The van der Waals surface area contributed by atoms with Crippen LogP contribution in [0, 0.1) is 0 Å². The quantitative estimate of drug-likeness (QED) is 0.875. The molecule has 0 saturated carbocycles. The third-order valence-corrected chi connectivity index (χ3v) is 3.06. The van der Waals surface area contributed by atoms with Crippen molar-refractivity contribution in [2.75, 3.05) is 0 Å². The van der Waals surface area contributed by atoms with Gasteiger partial charge < -0.3 is 10.8 Å². The molecule has 0 radical (unpaired) electrons. The van der Waals surface area contributed by atoms with Crippen molar-refractivity contribution < 1.29 is 14.7 Å². The van der Waals surface area contributed by atoms with Crippen LogP contribution >= 0.6 is 0 Å². The third kappa shape index (κ3) is 3.23. The molecule has 4 heteroatoms. The summed E-state index contributed by atoms with van der Waals surface area (Å²) in [6.07, 6.45) is 0.544. The molecule has 0 bridgehead atoms. The Hall–Kier alpha value is -2.62. The van der Waals surface area contributed by atoms with Gasteiger partial charge in [0.1, 0.15) is 0 Å². The minimum Gasteiger partial charge on any atom is -0.481 e. The Morgan fingerprint density at radius 3 is 2.50 bits per heavy atom. The minimum atomic E-state index is -0.826. The van der Waals surface area contributed by atoms with Crippen LogP contribution in [0.3, 0.4) is 0 Å². The van der Waals surface area contributed by atoms with E-state index in [1.54, 1.807) is 12.1 Å². The summed E-state index contributed by atoms with van der Waals surface area (Å²) in [6, 6.07) is 14.6. The first kappa shape index (κ1) is 13.8. The fourth-order valence-corrected chi connectivity index (χ4v) is 2.10. The lowest BCUT2D eigenvalue weighted by molar-refractivity contribution is -0.136. The summed E-state index contributed by atoms with van der Waals surface area (Å²) in [5.41, 5.74) is 8.38. The fraction of sp³-hybridized carbons (Fsp3) is 0.125. The highest BCUT2D eigenvalue weighted by atomic mass is 16.4. The van der Waals surface area contributed by atoms with Gasteiger partial charge in [-0.25, -0.2) is 0 Å². The number of carboxylic acids is 1. The molecule has 4 nitrogen and oxygen atoms in total. The van der Waals surface area contributed by atoms with Crippen LogP contribution in [0.4, 0.5) is 0 Å². The lowest BCUT2D eigenvalue weighted by Gasteiger charge is -2.08. The molecule has 2 rings (SSSR count). The molecule has 1 amide bonds. The van der Waals surface area contributed by atoms with Crippen molar-refractivity contribution in [1.82, 2.24) is 0 Å². The molecule has 3 N–H and O–H groups in total. The minimum absolute atomic E-state index is 0.0842. The number of hydrogen-bond donors (Lipinski definition) is 2. The number of amides is 1. The van der Waals surface area contributed by atoms with Gasteiger partial charge >= 0.3 is 5.97 Å². The molecule has 2 aromatic carbocycles. The Bertz CT molecular complexity index is 650. The van der Waals surface area contributed by atoms with Crippen LogP contribution < -0.4 is 5.73 Å². The maximum atomic E-state index is 11.4. The van der Waals surface area contributed by atoms with E-state index in [4.69, 9.17) is 10.8 Å². The second-order valence-electron chi connectivity index (χ2n) is 4.50. The van der Waals surface area contributed by atoms with Crippen LogP contribution in [0.1, 0.15) is 22.3 Å². The molecule has 0 aliphatic carbocycles. The molecule has 0 aliphatic rings. The first-order chi connectivity index (χ1) is 9.58. The summed E-state index contributed by atoms with van der Waals surface area (Å²) >= 11 is 0. The molecule has 0 unspecified atom stereocenters. The third-order valence-electron chi connectivity index (χ3n) is 3.06. The Morgan fingerprint density at radius 1 is 1.05 bits per heavy atom. The van der Waals surface area contributed by atoms with E-state index in [0.29, 0.717) is 12.0 Å². The highest BCUT2D eigenvalue weighted by molar-refractivity contribution is 5.99. The normalized spacial score (nSPS) is 10.2. The van der Waals surface area contributed by atoms with Crippen molar-refractivity contribution in [3.05, 3.63) is 59.7 Å². The Labute approximate surface area is 116 Å². The topological polar surface area (TPSA) is 80.4 Å². The maximum Gasteiger partial charge on any atom is 0.303 e. The van der Waals surface area contributed by atoms with Gasteiger partial charge in [0.15, 0.2) is 0 Å². The Balaban J connectivity index is 2.36. The molecule has 2 aromatic rings. The predicted octanol–water partition coefficient (Wildman–Crippen LogP) is 2.47. The maximum absolute atomic E-state index is 11.4. The molecular weight excluding hydrogens is 254 g/mol. The van der Waals surface area contributed by atoms with E-state index >= 15 is 0 Å². The molecule has 0 aliphatic heterocycles. The largest absolute Gasteiger partial charge is 0.481 e. The number of primary amides is 1. The van der Waals surface area contributed by atoms with Crippen molar-refractivity contribution in [2.24, 2.45) is 5.73 Å². The summed E-state index contributed by atoms with van der Waals surface area (Å²) in [7, 11) is 0. The zero-order valence-electron chi connectivity index (χ0n) is 10.9. The second kappa shape index (κ2) is 6.02. The molecule has 0 saturated heterocycles. The number of aliphatic carboxylic acids is 1. The van der Waals surface area contributed by atoms with Crippen molar-refractivity contribution in [3.8, 4) is 11.1 Å². The molecular formula is C16H15NO3. The van der Waals surface area contributed by atoms with E-state index in [2.05, 4.69) is 0 Å².